The Balaban J connectivity index is 1.97. The Morgan fingerprint density at radius 1 is 1.56 bits per heavy atom. The van der Waals surface area contributed by atoms with Crippen molar-refractivity contribution in [3.05, 3.63) is 16.1 Å². The lowest BCUT2D eigenvalue weighted by atomic mass is 10.2. The monoisotopic (exact) mass is 304 g/mol. The molecule has 1 aliphatic rings. The molecule has 2 atom stereocenters. The van der Waals surface area contributed by atoms with Gasteiger partial charge in [0.2, 0.25) is 0 Å². The molecule has 0 saturated carbocycles. The number of aromatic nitrogens is 1. The van der Waals surface area contributed by atoms with Crippen molar-refractivity contribution >= 4 is 34.7 Å². The van der Waals surface area contributed by atoms with Gasteiger partial charge in [-0.3, -0.25) is 4.90 Å². The largest absolute Gasteiger partial charge is 0.294 e. The van der Waals surface area contributed by atoms with Crippen LogP contribution in [0.2, 0.25) is 0 Å². The van der Waals surface area contributed by atoms with Crippen LogP contribution in [0.3, 0.4) is 0 Å². The van der Waals surface area contributed by atoms with Crippen LogP contribution in [0.1, 0.15) is 42.9 Å². The van der Waals surface area contributed by atoms with E-state index in [1.54, 1.807) is 11.3 Å². The Morgan fingerprint density at radius 2 is 2.39 bits per heavy atom. The van der Waals surface area contributed by atoms with Crippen molar-refractivity contribution < 1.29 is 0 Å². The third-order valence-electron chi connectivity index (χ3n) is 3.65. The standard InChI is InChI=1S/C13H21ClN2S2/c1-10(13-15-11(8-14)9-18-13)16-6-3-4-12(17-2)5-7-16/h9-10,12H,3-8H2,1-2H3. The molecule has 1 saturated heterocycles. The molecule has 0 aliphatic carbocycles. The van der Waals surface area contributed by atoms with E-state index in [0.29, 0.717) is 11.9 Å². The predicted octanol–water partition coefficient (Wildman–Crippen LogP) is 4.16. The van der Waals surface area contributed by atoms with Crippen molar-refractivity contribution in [1.82, 2.24) is 9.88 Å². The topological polar surface area (TPSA) is 16.1 Å². The zero-order valence-electron chi connectivity index (χ0n) is 11.1. The number of thiazole rings is 1. The number of hydrogen-bond donors (Lipinski definition) is 0. The average molecular weight is 305 g/mol. The molecule has 2 nitrogen and oxygen atoms in total. The summed E-state index contributed by atoms with van der Waals surface area (Å²) in [5, 5.41) is 4.14. The Morgan fingerprint density at radius 3 is 3.06 bits per heavy atom. The summed E-state index contributed by atoms with van der Waals surface area (Å²) in [6.07, 6.45) is 6.20. The van der Waals surface area contributed by atoms with Crippen molar-refractivity contribution in [2.24, 2.45) is 0 Å². The molecule has 0 bridgehead atoms. The van der Waals surface area contributed by atoms with E-state index in [9.17, 15) is 0 Å². The summed E-state index contributed by atoms with van der Waals surface area (Å²) >= 11 is 9.59. The van der Waals surface area contributed by atoms with Gasteiger partial charge in [0.1, 0.15) is 5.01 Å². The molecule has 18 heavy (non-hydrogen) atoms. The number of alkyl halides is 1. The number of hydrogen-bond acceptors (Lipinski definition) is 4. The van der Waals surface area contributed by atoms with Crippen LogP contribution in [0.4, 0.5) is 0 Å². The molecule has 0 amide bonds. The molecule has 1 aromatic heterocycles. The van der Waals surface area contributed by atoms with Crippen molar-refractivity contribution in [3.63, 3.8) is 0 Å². The number of halogens is 1. The first-order valence-corrected chi connectivity index (χ1v) is 9.22. The second kappa shape index (κ2) is 7.13. The zero-order chi connectivity index (χ0) is 13.0. The van der Waals surface area contributed by atoms with Gasteiger partial charge in [0.15, 0.2) is 0 Å². The first-order chi connectivity index (χ1) is 8.74. The van der Waals surface area contributed by atoms with Crippen molar-refractivity contribution in [2.45, 2.75) is 43.4 Å². The summed E-state index contributed by atoms with van der Waals surface area (Å²) in [6.45, 7) is 4.67. The van der Waals surface area contributed by atoms with E-state index in [1.165, 1.54) is 37.4 Å². The van der Waals surface area contributed by atoms with Gasteiger partial charge in [0, 0.05) is 10.6 Å². The minimum absolute atomic E-state index is 0.438. The van der Waals surface area contributed by atoms with Crippen LogP contribution in [0, 0.1) is 0 Å². The van der Waals surface area contributed by atoms with E-state index in [1.807, 2.05) is 11.8 Å². The number of thioether (sulfide) groups is 1. The van der Waals surface area contributed by atoms with Gasteiger partial charge in [-0.2, -0.15) is 11.8 Å². The maximum Gasteiger partial charge on any atom is 0.110 e. The highest BCUT2D eigenvalue weighted by atomic mass is 35.5. The van der Waals surface area contributed by atoms with Crippen LogP contribution >= 0.6 is 34.7 Å². The van der Waals surface area contributed by atoms with Crippen LogP contribution in [0.15, 0.2) is 5.38 Å². The molecule has 1 aliphatic heterocycles. The Labute approximate surface area is 123 Å². The second-order valence-corrected chi connectivity index (χ2v) is 7.11. The summed E-state index contributed by atoms with van der Waals surface area (Å²) in [4.78, 5) is 7.19. The molecular weight excluding hydrogens is 284 g/mol. The van der Waals surface area contributed by atoms with Gasteiger partial charge in [-0.15, -0.1) is 22.9 Å². The molecule has 2 rings (SSSR count). The van der Waals surface area contributed by atoms with Crippen LogP contribution in [-0.4, -0.2) is 34.5 Å². The minimum atomic E-state index is 0.438. The first kappa shape index (κ1) is 14.6. The maximum atomic E-state index is 5.82. The summed E-state index contributed by atoms with van der Waals surface area (Å²) in [7, 11) is 0. The van der Waals surface area contributed by atoms with Gasteiger partial charge in [0.05, 0.1) is 17.6 Å². The SMILES string of the molecule is CSC1CCCN(C(C)c2nc(CCl)cs2)CC1. The molecule has 1 fully saturated rings. The molecule has 0 aromatic carbocycles. The quantitative estimate of drug-likeness (QED) is 0.777. The molecule has 102 valence electrons. The Bertz CT molecular complexity index is 370. The minimum Gasteiger partial charge on any atom is -0.294 e. The fraction of sp³-hybridized carbons (Fsp3) is 0.769. The maximum absolute atomic E-state index is 5.82. The lowest BCUT2D eigenvalue weighted by Gasteiger charge is -2.26. The fourth-order valence-electron chi connectivity index (χ4n) is 2.44. The lowest BCUT2D eigenvalue weighted by Crippen LogP contribution is -2.28. The van der Waals surface area contributed by atoms with E-state index < -0.39 is 0 Å². The van der Waals surface area contributed by atoms with E-state index >= 15 is 0 Å². The Kier molecular flexibility index (Phi) is 5.80. The van der Waals surface area contributed by atoms with Gasteiger partial charge in [-0.05, 0) is 45.5 Å². The Hall–Kier alpha value is 0.230. The van der Waals surface area contributed by atoms with Gasteiger partial charge >= 0.3 is 0 Å². The van der Waals surface area contributed by atoms with Gasteiger partial charge in [0.25, 0.3) is 0 Å². The summed E-state index contributed by atoms with van der Waals surface area (Å²) < 4.78 is 0. The van der Waals surface area contributed by atoms with Crippen LogP contribution in [0.5, 0.6) is 0 Å². The van der Waals surface area contributed by atoms with E-state index in [2.05, 4.69) is 28.4 Å². The molecule has 0 N–H and O–H groups in total. The fourth-order valence-corrected chi connectivity index (χ4v) is 4.32. The van der Waals surface area contributed by atoms with E-state index in [-0.39, 0.29) is 0 Å². The normalized spacial score (nSPS) is 23.8. The molecule has 5 heteroatoms. The van der Waals surface area contributed by atoms with Crippen molar-refractivity contribution in [1.29, 1.82) is 0 Å². The van der Waals surface area contributed by atoms with E-state index in [0.717, 1.165) is 10.9 Å². The van der Waals surface area contributed by atoms with Gasteiger partial charge in [-0.25, -0.2) is 4.98 Å². The molecule has 2 unspecified atom stereocenters. The molecule has 1 aromatic rings. The predicted molar refractivity (Wildman–Crippen MR) is 82.8 cm³/mol. The van der Waals surface area contributed by atoms with Crippen LogP contribution < -0.4 is 0 Å². The highest BCUT2D eigenvalue weighted by Gasteiger charge is 2.22. The summed E-state index contributed by atoms with van der Waals surface area (Å²) in [5.74, 6) is 0.526. The average Bonchev–Trinajstić information content (AvgIpc) is 2.75. The summed E-state index contributed by atoms with van der Waals surface area (Å²) in [6, 6.07) is 0.438. The second-order valence-electron chi connectivity index (χ2n) is 4.81. The zero-order valence-corrected chi connectivity index (χ0v) is 13.5. The smallest absolute Gasteiger partial charge is 0.110 e. The van der Waals surface area contributed by atoms with Crippen LogP contribution in [-0.2, 0) is 5.88 Å². The molecule has 0 spiro atoms. The highest BCUT2D eigenvalue weighted by Crippen LogP contribution is 2.29. The molecule has 2 heterocycles. The number of rotatable bonds is 4. The third-order valence-corrected chi connectivity index (χ3v) is 6.13. The third kappa shape index (κ3) is 3.62. The van der Waals surface area contributed by atoms with Crippen LogP contribution in [0.25, 0.3) is 0 Å². The highest BCUT2D eigenvalue weighted by molar-refractivity contribution is 7.99. The first-order valence-electron chi connectivity index (χ1n) is 6.51. The van der Waals surface area contributed by atoms with E-state index in [4.69, 9.17) is 11.6 Å². The van der Waals surface area contributed by atoms with Crippen molar-refractivity contribution in [3.8, 4) is 0 Å². The van der Waals surface area contributed by atoms with Gasteiger partial charge in [-0.1, -0.05) is 0 Å². The number of nitrogens with zero attached hydrogens (tertiary/aromatic N) is 2. The lowest BCUT2D eigenvalue weighted by molar-refractivity contribution is 0.219. The number of likely N-dealkylation sites (tertiary alicyclic amines) is 1. The van der Waals surface area contributed by atoms with Gasteiger partial charge < -0.3 is 0 Å². The molecule has 0 radical (unpaired) electrons. The summed E-state index contributed by atoms with van der Waals surface area (Å²) in [5.41, 5.74) is 1.01. The molecular formula is C13H21ClN2S2. The van der Waals surface area contributed by atoms with Crippen molar-refractivity contribution in [2.75, 3.05) is 19.3 Å².